The van der Waals surface area contributed by atoms with Crippen LogP contribution in [-0.2, 0) is 9.53 Å². The van der Waals surface area contributed by atoms with Gasteiger partial charge in [-0.05, 0) is 34.4 Å². The van der Waals surface area contributed by atoms with Crippen LogP contribution < -0.4 is 4.90 Å². The summed E-state index contributed by atoms with van der Waals surface area (Å²) >= 11 is 0. The Bertz CT molecular complexity index is 974. The molecule has 2 aromatic carbocycles. The molecule has 1 aromatic heterocycles. The van der Waals surface area contributed by atoms with Crippen molar-refractivity contribution >= 4 is 17.7 Å². The van der Waals surface area contributed by atoms with Crippen LogP contribution in [0.15, 0.2) is 73.1 Å². The molecule has 1 heterocycles. The molecule has 4 rings (SSSR count). The Hall–Kier alpha value is -3.67. The van der Waals surface area contributed by atoms with Crippen molar-refractivity contribution < 1.29 is 19.4 Å². The first-order valence-electron chi connectivity index (χ1n) is 8.89. The number of nitrogens with zero attached hydrogens (tertiary/aromatic N) is 2. The molecular weight excluding hydrogens is 356 g/mol. The van der Waals surface area contributed by atoms with Crippen LogP contribution in [0.1, 0.15) is 17.0 Å². The Balaban J connectivity index is 1.56. The third kappa shape index (κ3) is 3.32. The van der Waals surface area contributed by atoms with Crippen molar-refractivity contribution in [2.24, 2.45) is 0 Å². The van der Waals surface area contributed by atoms with Crippen molar-refractivity contribution in [1.29, 1.82) is 0 Å². The first-order valence-corrected chi connectivity index (χ1v) is 8.89. The quantitative estimate of drug-likeness (QED) is 0.732. The average molecular weight is 374 g/mol. The summed E-state index contributed by atoms with van der Waals surface area (Å²) < 4.78 is 5.55. The van der Waals surface area contributed by atoms with E-state index in [4.69, 9.17) is 9.84 Å². The van der Waals surface area contributed by atoms with E-state index in [0.717, 1.165) is 27.2 Å². The molecule has 28 heavy (non-hydrogen) atoms. The maximum Gasteiger partial charge on any atom is 0.414 e. The number of carbonyl (C=O) groups is 2. The molecule has 1 amide bonds. The van der Waals surface area contributed by atoms with E-state index < -0.39 is 18.6 Å². The molecule has 3 aromatic rings. The van der Waals surface area contributed by atoms with E-state index in [9.17, 15) is 9.59 Å². The van der Waals surface area contributed by atoms with Gasteiger partial charge in [-0.2, -0.15) is 0 Å². The highest BCUT2D eigenvalue weighted by Crippen LogP contribution is 2.44. The smallest absolute Gasteiger partial charge is 0.414 e. The molecule has 0 aliphatic heterocycles. The van der Waals surface area contributed by atoms with Crippen LogP contribution in [0, 0.1) is 0 Å². The number of pyridine rings is 1. The van der Waals surface area contributed by atoms with Crippen molar-refractivity contribution in [3.8, 4) is 11.1 Å². The predicted octanol–water partition coefficient (Wildman–Crippen LogP) is 3.92. The van der Waals surface area contributed by atoms with Crippen molar-refractivity contribution in [2.45, 2.75) is 5.92 Å². The zero-order valence-electron chi connectivity index (χ0n) is 15.0. The van der Waals surface area contributed by atoms with Crippen LogP contribution in [0.3, 0.4) is 0 Å². The van der Waals surface area contributed by atoms with Gasteiger partial charge in [0.05, 0.1) is 11.9 Å². The first kappa shape index (κ1) is 17.7. The third-order valence-corrected chi connectivity index (χ3v) is 4.81. The molecule has 1 N–H and O–H groups in total. The number of benzene rings is 2. The van der Waals surface area contributed by atoms with Gasteiger partial charge in [-0.3, -0.25) is 14.7 Å². The summed E-state index contributed by atoms with van der Waals surface area (Å²) in [5, 5.41) is 9.16. The van der Waals surface area contributed by atoms with Crippen LogP contribution in [0.2, 0.25) is 0 Å². The molecule has 1 aliphatic rings. The number of ether oxygens (including phenoxy) is 1. The predicted molar refractivity (Wildman–Crippen MR) is 104 cm³/mol. The number of anilines is 1. The highest BCUT2D eigenvalue weighted by molar-refractivity contribution is 5.92. The van der Waals surface area contributed by atoms with Gasteiger partial charge in [-0.1, -0.05) is 48.5 Å². The highest BCUT2D eigenvalue weighted by Gasteiger charge is 2.30. The van der Waals surface area contributed by atoms with Gasteiger partial charge in [0.1, 0.15) is 13.2 Å². The van der Waals surface area contributed by atoms with Crippen molar-refractivity contribution in [2.75, 3.05) is 18.1 Å². The van der Waals surface area contributed by atoms with Crippen molar-refractivity contribution in [1.82, 2.24) is 4.98 Å². The zero-order valence-corrected chi connectivity index (χ0v) is 15.0. The third-order valence-electron chi connectivity index (χ3n) is 4.81. The van der Waals surface area contributed by atoms with Gasteiger partial charge in [0, 0.05) is 12.1 Å². The lowest BCUT2D eigenvalue weighted by Crippen LogP contribution is -2.36. The van der Waals surface area contributed by atoms with E-state index in [0.29, 0.717) is 5.69 Å². The van der Waals surface area contributed by atoms with Gasteiger partial charge in [0.15, 0.2) is 0 Å². The maximum atomic E-state index is 12.7. The fourth-order valence-electron chi connectivity index (χ4n) is 3.58. The van der Waals surface area contributed by atoms with Crippen molar-refractivity contribution in [3.05, 3.63) is 84.2 Å². The number of hydrogen-bond donors (Lipinski definition) is 1. The van der Waals surface area contributed by atoms with E-state index in [1.54, 1.807) is 18.3 Å². The minimum atomic E-state index is -1.13. The summed E-state index contributed by atoms with van der Waals surface area (Å²) in [6.07, 6.45) is 2.28. The van der Waals surface area contributed by atoms with Crippen LogP contribution in [0.4, 0.5) is 10.5 Å². The van der Waals surface area contributed by atoms with Crippen LogP contribution >= 0.6 is 0 Å². The largest absolute Gasteiger partial charge is 0.480 e. The number of carbonyl (C=O) groups excluding carboxylic acids is 1. The maximum absolute atomic E-state index is 12.7. The number of fused-ring (bicyclic) bond motifs is 3. The van der Waals surface area contributed by atoms with Gasteiger partial charge < -0.3 is 9.84 Å². The van der Waals surface area contributed by atoms with E-state index in [1.807, 2.05) is 36.4 Å². The van der Waals surface area contributed by atoms with Crippen LogP contribution in [-0.4, -0.2) is 35.3 Å². The lowest BCUT2D eigenvalue weighted by atomic mass is 9.98. The molecule has 0 saturated carbocycles. The standard InChI is InChI=1S/C22H18N2O4/c25-21(26)13-24(15-6-5-11-23-12-15)22(27)28-14-20-18-9-3-1-7-16(18)17-8-2-4-10-19(17)20/h1-12,20H,13-14H2,(H,25,26). The lowest BCUT2D eigenvalue weighted by molar-refractivity contribution is -0.135. The van der Waals surface area contributed by atoms with Crippen molar-refractivity contribution in [3.63, 3.8) is 0 Å². The van der Waals surface area contributed by atoms with E-state index >= 15 is 0 Å². The molecule has 0 fully saturated rings. The molecule has 6 heteroatoms. The van der Waals surface area contributed by atoms with Gasteiger partial charge in [-0.25, -0.2) is 4.79 Å². The second-order valence-electron chi connectivity index (χ2n) is 6.50. The van der Waals surface area contributed by atoms with E-state index in [1.165, 1.54) is 6.20 Å². The summed E-state index contributed by atoms with van der Waals surface area (Å²) in [4.78, 5) is 28.9. The fraction of sp³-hybridized carbons (Fsp3) is 0.136. The summed E-state index contributed by atoms with van der Waals surface area (Å²) in [7, 11) is 0. The van der Waals surface area contributed by atoms with Gasteiger partial charge in [-0.15, -0.1) is 0 Å². The Morgan fingerprint density at radius 2 is 1.61 bits per heavy atom. The van der Waals surface area contributed by atoms with Gasteiger partial charge >= 0.3 is 12.1 Å². The van der Waals surface area contributed by atoms with Gasteiger partial charge in [0.2, 0.25) is 0 Å². The summed E-state index contributed by atoms with van der Waals surface area (Å²) in [6, 6.07) is 19.3. The Morgan fingerprint density at radius 1 is 0.964 bits per heavy atom. The second kappa shape index (κ2) is 7.52. The number of carboxylic acids is 1. The summed E-state index contributed by atoms with van der Waals surface area (Å²) in [5.74, 6) is -1.21. The molecule has 140 valence electrons. The van der Waals surface area contributed by atoms with Crippen LogP contribution in [0.5, 0.6) is 0 Å². The number of carboxylic acid groups (broad SMARTS) is 1. The highest BCUT2D eigenvalue weighted by atomic mass is 16.6. The minimum absolute atomic E-state index is 0.0862. The normalized spacial score (nSPS) is 12.1. The molecule has 1 aliphatic carbocycles. The summed E-state index contributed by atoms with van der Waals surface area (Å²) in [5.41, 5.74) is 4.84. The number of amides is 1. The minimum Gasteiger partial charge on any atom is -0.480 e. The van der Waals surface area contributed by atoms with E-state index in [2.05, 4.69) is 17.1 Å². The molecule has 6 nitrogen and oxygen atoms in total. The summed E-state index contributed by atoms with van der Waals surface area (Å²) in [6.45, 7) is -0.369. The number of hydrogen-bond acceptors (Lipinski definition) is 4. The molecule has 0 spiro atoms. The SMILES string of the molecule is O=C(O)CN(C(=O)OCC1c2ccccc2-c2ccccc21)c1cccnc1. The zero-order chi connectivity index (χ0) is 19.5. The van der Waals surface area contributed by atoms with E-state index in [-0.39, 0.29) is 12.5 Å². The Morgan fingerprint density at radius 3 is 2.18 bits per heavy atom. The number of rotatable bonds is 5. The number of aliphatic carboxylic acids is 1. The fourth-order valence-corrected chi connectivity index (χ4v) is 3.58. The van der Waals surface area contributed by atoms with Crippen LogP contribution in [0.25, 0.3) is 11.1 Å². The molecule has 0 saturated heterocycles. The molecule has 0 radical (unpaired) electrons. The molecule has 0 atom stereocenters. The average Bonchev–Trinajstić information content (AvgIpc) is 3.05. The Kier molecular flexibility index (Phi) is 4.76. The number of aromatic nitrogens is 1. The topological polar surface area (TPSA) is 79.7 Å². The first-order chi connectivity index (χ1) is 13.6. The lowest BCUT2D eigenvalue weighted by Gasteiger charge is -2.21. The Labute approximate surface area is 162 Å². The molecule has 0 bridgehead atoms. The molecule has 0 unspecified atom stereocenters. The second-order valence-corrected chi connectivity index (χ2v) is 6.50. The molecular formula is C22H18N2O4. The van der Waals surface area contributed by atoms with Gasteiger partial charge in [0.25, 0.3) is 0 Å². The monoisotopic (exact) mass is 374 g/mol.